The molecule has 2 aliphatic carbocycles. The Morgan fingerprint density at radius 2 is 2.28 bits per heavy atom. The lowest BCUT2D eigenvalue weighted by molar-refractivity contribution is 0.0795. The Balaban J connectivity index is 2.02. The highest BCUT2D eigenvalue weighted by atomic mass is 16.3. The highest BCUT2D eigenvalue weighted by molar-refractivity contribution is 5.45. The van der Waals surface area contributed by atoms with E-state index >= 15 is 0 Å². The summed E-state index contributed by atoms with van der Waals surface area (Å²) in [6.07, 6.45) is 6.36. The van der Waals surface area contributed by atoms with E-state index in [9.17, 15) is 5.11 Å². The van der Waals surface area contributed by atoms with E-state index in [4.69, 9.17) is 4.11 Å². The van der Waals surface area contributed by atoms with Crippen LogP contribution in [0.1, 0.15) is 47.3 Å². The molecule has 0 aromatic heterocycles. The minimum Gasteiger partial charge on any atom is -0.508 e. The third-order valence-corrected chi connectivity index (χ3v) is 5.36. The van der Waals surface area contributed by atoms with Gasteiger partial charge in [0, 0.05) is 11.5 Å². The lowest BCUT2D eigenvalue weighted by Crippen LogP contribution is -2.59. The average molecular weight is 246 g/mol. The molecule has 1 aliphatic heterocycles. The van der Waals surface area contributed by atoms with Gasteiger partial charge in [-0.25, -0.2) is 0 Å². The van der Waals surface area contributed by atoms with Crippen LogP contribution >= 0.6 is 0 Å². The smallest absolute Gasteiger partial charge is 0.115 e. The Labute approximate surface area is 113 Å². The van der Waals surface area contributed by atoms with E-state index in [-0.39, 0.29) is 29.3 Å². The number of piperidine rings is 1. The Bertz CT molecular complexity index is 614. The van der Waals surface area contributed by atoms with Gasteiger partial charge in [-0.1, -0.05) is 18.9 Å². The zero-order valence-electron chi connectivity index (χ0n) is 13.6. The largest absolute Gasteiger partial charge is 0.508 e. The van der Waals surface area contributed by atoms with Crippen LogP contribution in [0.5, 0.6) is 5.75 Å². The van der Waals surface area contributed by atoms with E-state index < -0.39 is 0 Å². The molecule has 2 bridgehead atoms. The number of hydrogen-bond donors (Lipinski definition) is 2. The van der Waals surface area contributed by atoms with Crippen LogP contribution in [0.3, 0.4) is 0 Å². The second-order valence-electron chi connectivity index (χ2n) is 6.10. The van der Waals surface area contributed by atoms with E-state index in [0.29, 0.717) is 12.0 Å². The second kappa shape index (κ2) is 3.74. The summed E-state index contributed by atoms with van der Waals surface area (Å²) in [5.41, 5.74) is 1.71. The predicted molar refractivity (Wildman–Crippen MR) is 71.9 cm³/mol. The van der Waals surface area contributed by atoms with Crippen LogP contribution in [0.2, 0.25) is 0 Å². The van der Waals surface area contributed by atoms with Gasteiger partial charge in [0.1, 0.15) is 5.75 Å². The van der Waals surface area contributed by atoms with Crippen molar-refractivity contribution in [2.24, 2.45) is 5.92 Å². The van der Waals surface area contributed by atoms with Crippen LogP contribution in [0.15, 0.2) is 18.1 Å². The second-order valence-corrected chi connectivity index (χ2v) is 6.10. The Morgan fingerprint density at radius 3 is 3.22 bits per heavy atom. The van der Waals surface area contributed by atoms with Crippen molar-refractivity contribution in [3.8, 4) is 5.75 Å². The molecule has 2 heteroatoms. The fraction of sp³-hybridized carbons (Fsp3) is 0.625. The summed E-state index contributed by atoms with van der Waals surface area (Å²) in [7, 11) is 0. The van der Waals surface area contributed by atoms with E-state index in [1.165, 1.54) is 19.3 Å². The van der Waals surface area contributed by atoms with Gasteiger partial charge in [-0.2, -0.15) is 0 Å². The molecule has 1 aromatic carbocycles. The summed E-state index contributed by atoms with van der Waals surface area (Å²) in [5.74, 6) is 0.224. The summed E-state index contributed by atoms with van der Waals surface area (Å²) in [5, 5.41) is 13.7. The van der Waals surface area contributed by atoms with Gasteiger partial charge in [0.2, 0.25) is 0 Å². The maximum atomic E-state index is 10.1. The summed E-state index contributed by atoms with van der Waals surface area (Å²) < 4.78 is 24.5. The monoisotopic (exact) mass is 246 g/mol. The van der Waals surface area contributed by atoms with Crippen LogP contribution in [-0.4, -0.2) is 17.7 Å². The highest BCUT2D eigenvalue weighted by Crippen LogP contribution is 2.54. The molecule has 4 rings (SSSR count). The lowest BCUT2D eigenvalue weighted by Gasteiger charge is -2.56. The molecule has 0 unspecified atom stereocenters. The van der Waals surface area contributed by atoms with Crippen LogP contribution in [0.4, 0.5) is 0 Å². The minimum atomic E-state index is -0.297. The molecule has 1 heterocycles. The summed E-state index contributed by atoms with van der Waals surface area (Å²) in [4.78, 5) is 0. The molecular weight excluding hydrogens is 222 g/mol. The first-order chi connectivity index (χ1) is 10.1. The first-order valence-electron chi connectivity index (χ1n) is 8.62. The fourth-order valence-corrected chi connectivity index (χ4v) is 4.66. The normalized spacial score (nSPS) is 40.1. The third kappa shape index (κ3) is 1.33. The lowest BCUT2D eigenvalue weighted by atomic mass is 9.53. The van der Waals surface area contributed by atoms with Crippen molar-refractivity contribution in [2.45, 2.75) is 50.0 Å². The molecule has 0 amide bonds. The van der Waals surface area contributed by atoms with E-state index in [0.717, 1.165) is 36.9 Å². The zero-order valence-corrected chi connectivity index (χ0v) is 10.6. The number of hydrogen-bond acceptors (Lipinski definition) is 2. The van der Waals surface area contributed by atoms with Crippen LogP contribution < -0.4 is 5.32 Å². The molecule has 1 aromatic rings. The molecule has 2 fully saturated rings. The molecule has 3 aliphatic rings. The van der Waals surface area contributed by atoms with E-state index in [1.807, 2.05) is 0 Å². The molecule has 18 heavy (non-hydrogen) atoms. The number of benzene rings is 1. The third-order valence-electron chi connectivity index (χ3n) is 5.36. The van der Waals surface area contributed by atoms with Crippen molar-refractivity contribution in [3.63, 3.8) is 0 Å². The quantitative estimate of drug-likeness (QED) is 0.738. The predicted octanol–water partition coefficient (Wildman–Crippen LogP) is 2.74. The van der Waals surface area contributed by atoms with Crippen LogP contribution in [0, 0.1) is 5.92 Å². The fourth-order valence-electron chi connectivity index (χ4n) is 4.66. The van der Waals surface area contributed by atoms with Crippen molar-refractivity contribution in [2.75, 3.05) is 6.54 Å². The first kappa shape index (κ1) is 8.21. The highest BCUT2D eigenvalue weighted by Gasteiger charge is 2.51. The number of rotatable bonds is 0. The molecule has 0 radical (unpaired) electrons. The van der Waals surface area contributed by atoms with Crippen LogP contribution in [-0.2, 0) is 11.8 Å². The Morgan fingerprint density at radius 1 is 1.33 bits per heavy atom. The van der Waals surface area contributed by atoms with Gasteiger partial charge in [0.25, 0.3) is 0 Å². The first-order valence-corrected chi connectivity index (χ1v) is 7.12. The molecule has 96 valence electrons. The van der Waals surface area contributed by atoms with Crippen LogP contribution in [0.25, 0.3) is 0 Å². The number of phenolic OH excluding ortho intramolecular Hbond substituents is 1. The van der Waals surface area contributed by atoms with E-state index in [2.05, 4.69) is 5.32 Å². The van der Waals surface area contributed by atoms with Gasteiger partial charge in [0.05, 0.1) is 4.11 Å². The van der Waals surface area contributed by atoms with Gasteiger partial charge < -0.3 is 10.4 Å². The molecule has 1 saturated carbocycles. The molecule has 0 spiro atoms. The van der Waals surface area contributed by atoms with Gasteiger partial charge in [-0.05, 0) is 61.4 Å². The number of nitrogens with one attached hydrogen (secondary N) is 1. The zero-order chi connectivity index (χ0) is 14.8. The van der Waals surface area contributed by atoms with Crippen molar-refractivity contribution < 1.29 is 9.22 Å². The van der Waals surface area contributed by atoms with Gasteiger partial charge >= 0.3 is 0 Å². The summed E-state index contributed by atoms with van der Waals surface area (Å²) >= 11 is 0. The van der Waals surface area contributed by atoms with Crippen molar-refractivity contribution in [1.29, 1.82) is 0 Å². The van der Waals surface area contributed by atoms with Crippen molar-refractivity contribution >= 4 is 0 Å². The SMILES string of the molecule is [2H]c1c([2H])c2c(c([2H])c1O)[C@]13CCCC[C@@H]1[C@H](C2)NCC3. The van der Waals surface area contributed by atoms with Gasteiger partial charge in [-0.3, -0.25) is 0 Å². The average Bonchev–Trinajstić information content (AvgIpc) is 2.50. The van der Waals surface area contributed by atoms with Gasteiger partial charge in [-0.15, -0.1) is 0 Å². The molecule has 3 atom stereocenters. The molecule has 2 nitrogen and oxygen atoms in total. The van der Waals surface area contributed by atoms with Crippen molar-refractivity contribution in [1.82, 2.24) is 5.32 Å². The van der Waals surface area contributed by atoms with E-state index in [1.54, 1.807) is 0 Å². The Kier molecular flexibility index (Phi) is 1.70. The number of fused-ring (bicyclic) bond motifs is 1. The maximum Gasteiger partial charge on any atom is 0.115 e. The standard InChI is InChI=1S/C16H21NO/c18-12-5-4-11-9-15-13-3-1-2-6-16(13,7-8-17-15)14(11)10-12/h4-5,10,13,15,17-18H,1-3,6-9H2/t13-,15+,16+/m1/s1/i4D,5D,10D. The number of phenols is 1. The maximum absolute atomic E-state index is 10.1. The number of aromatic hydroxyl groups is 1. The van der Waals surface area contributed by atoms with Crippen molar-refractivity contribution in [3.05, 3.63) is 29.3 Å². The van der Waals surface area contributed by atoms with Gasteiger partial charge in [0.15, 0.2) is 0 Å². The summed E-state index contributed by atoms with van der Waals surface area (Å²) in [6.45, 7) is 0.955. The summed E-state index contributed by atoms with van der Waals surface area (Å²) in [6, 6.07) is 0.454. The topological polar surface area (TPSA) is 32.3 Å². The Hall–Kier alpha value is -1.02. The molecule has 1 saturated heterocycles. The molecular formula is C16H21NO. The minimum absolute atomic E-state index is 0.0419. The molecule has 2 N–H and O–H groups in total.